The van der Waals surface area contributed by atoms with Crippen LogP contribution in [-0.2, 0) is 16.0 Å². The van der Waals surface area contributed by atoms with E-state index in [9.17, 15) is 14.4 Å². The summed E-state index contributed by atoms with van der Waals surface area (Å²) in [4.78, 5) is 38.7. The number of fused-ring (bicyclic) bond motifs is 1. The number of ketones is 3. The van der Waals surface area contributed by atoms with Crippen LogP contribution in [0.3, 0.4) is 0 Å². The average molecular weight is 609 g/mol. The van der Waals surface area contributed by atoms with Gasteiger partial charge in [0.05, 0.1) is 6.42 Å². The van der Waals surface area contributed by atoms with Crippen molar-refractivity contribution < 1.29 is 14.4 Å². The summed E-state index contributed by atoms with van der Waals surface area (Å²) >= 11 is 0. The number of carbonyl (C=O) groups is 3. The summed E-state index contributed by atoms with van der Waals surface area (Å²) in [7, 11) is 0. The van der Waals surface area contributed by atoms with Crippen molar-refractivity contribution in [3.05, 3.63) is 34.9 Å². The Bertz CT molecular complexity index is 964. The monoisotopic (exact) mass is 609 g/mol. The second-order valence-corrected chi connectivity index (χ2v) is 14.4. The number of aryl methyl sites for hydroxylation is 1. The van der Waals surface area contributed by atoms with E-state index < -0.39 is 0 Å². The quantitative estimate of drug-likeness (QED) is 0.197. The molecular formula is C41H68O3. The first-order chi connectivity index (χ1) is 21.3. The van der Waals surface area contributed by atoms with Crippen molar-refractivity contribution in [2.24, 2.45) is 29.6 Å². The van der Waals surface area contributed by atoms with Crippen LogP contribution in [0.4, 0.5) is 0 Å². The predicted octanol–water partition coefficient (Wildman–Crippen LogP) is 11.9. The highest BCUT2D eigenvalue weighted by molar-refractivity contribution is 6.00. The molecule has 2 saturated carbocycles. The summed E-state index contributed by atoms with van der Waals surface area (Å²) < 4.78 is 0. The molecule has 3 atom stereocenters. The van der Waals surface area contributed by atoms with Crippen molar-refractivity contribution in [1.29, 1.82) is 0 Å². The molecule has 0 aromatic heterocycles. The molecule has 1 aromatic rings. The lowest BCUT2D eigenvalue weighted by Gasteiger charge is -2.31. The molecule has 3 aliphatic carbocycles. The summed E-state index contributed by atoms with van der Waals surface area (Å²) in [5, 5.41) is 0. The van der Waals surface area contributed by atoms with Crippen molar-refractivity contribution >= 4 is 17.3 Å². The molecule has 0 N–H and O–H groups in total. The van der Waals surface area contributed by atoms with E-state index in [1.165, 1.54) is 82.6 Å². The van der Waals surface area contributed by atoms with Crippen LogP contribution in [-0.4, -0.2) is 17.3 Å². The highest BCUT2D eigenvalue weighted by Gasteiger charge is 2.33. The number of carbonyl (C=O) groups excluding carboxylic acids is 3. The van der Waals surface area contributed by atoms with Gasteiger partial charge in [-0.25, -0.2) is 0 Å². The molecular weight excluding hydrogens is 540 g/mol. The molecule has 3 heteroatoms. The average Bonchev–Trinajstić information content (AvgIpc) is 3.56. The Hall–Kier alpha value is -1.77. The molecule has 3 unspecified atom stereocenters. The number of Topliss-reactive ketones (excluding diaryl/α,β-unsaturated/α-hetero) is 3. The lowest BCUT2D eigenvalue weighted by atomic mass is 9.72. The molecule has 0 radical (unpaired) electrons. The Balaban J connectivity index is 0.000000517. The van der Waals surface area contributed by atoms with E-state index >= 15 is 0 Å². The number of benzene rings is 1. The molecule has 0 spiro atoms. The Morgan fingerprint density at radius 3 is 2.00 bits per heavy atom. The maximum Gasteiger partial charge on any atom is 0.163 e. The van der Waals surface area contributed by atoms with E-state index in [4.69, 9.17) is 0 Å². The van der Waals surface area contributed by atoms with Crippen LogP contribution < -0.4 is 0 Å². The SMILES string of the molecule is CCC1CCCC1.CCCC.CCCC(CC1CC(=O)c2c(C)cccc2C1)C(CC)C(=O)CC(=O)CCC1CCCCC1. The Morgan fingerprint density at radius 2 is 1.43 bits per heavy atom. The van der Waals surface area contributed by atoms with Gasteiger partial charge in [0, 0.05) is 24.3 Å². The van der Waals surface area contributed by atoms with E-state index in [-0.39, 0.29) is 35.6 Å². The van der Waals surface area contributed by atoms with Crippen LogP contribution >= 0.6 is 0 Å². The third kappa shape index (κ3) is 13.3. The van der Waals surface area contributed by atoms with E-state index in [1.807, 2.05) is 19.1 Å². The van der Waals surface area contributed by atoms with E-state index in [1.54, 1.807) is 0 Å². The second-order valence-electron chi connectivity index (χ2n) is 14.4. The normalized spacial score (nSPS) is 20.0. The summed E-state index contributed by atoms with van der Waals surface area (Å²) in [6.07, 6.45) is 23.4. The predicted molar refractivity (Wildman–Crippen MR) is 187 cm³/mol. The van der Waals surface area contributed by atoms with Crippen LogP contribution in [0.25, 0.3) is 0 Å². The Morgan fingerprint density at radius 1 is 0.795 bits per heavy atom. The number of rotatable bonds is 14. The van der Waals surface area contributed by atoms with Gasteiger partial charge >= 0.3 is 0 Å². The molecule has 3 aliphatic rings. The molecule has 0 aliphatic heterocycles. The van der Waals surface area contributed by atoms with Crippen molar-refractivity contribution in [3.8, 4) is 0 Å². The van der Waals surface area contributed by atoms with Crippen molar-refractivity contribution in [1.82, 2.24) is 0 Å². The molecule has 3 nitrogen and oxygen atoms in total. The number of hydrogen-bond donors (Lipinski definition) is 0. The third-order valence-electron chi connectivity index (χ3n) is 10.8. The topological polar surface area (TPSA) is 51.2 Å². The number of unbranched alkanes of at least 4 members (excludes halogenated alkanes) is 1. The van der Waals surface area contributed by atoms with Crippen LogP contribution in [0.5, 0.6) is 0 Å². The molecule has 2 fully saturated rings. The van der Waals surface area contributed by atoms with Gasteiger partial charge in [0.1, 0.15) is 11.6 Å². The molecule has 250 valence electrons. The van der Waals surface area contributed by atoms with Gasteiger partial charge in [0.2, 0.25) is 0 Å². The van der Waals surface area contributed by atoms with Gasteiger partial charge in [-0.15, -0.1) is 0 Å². The molecule has 0 amide bonds. The maximum atomic E-state index is 13.2. The van der Waals surface area contributed by atoms with Crippen molar-refractivity contribution in [3.63, 3.8) is 0 Å². The highest BCUT2D eigenvalue weighted by Crippen LogP contribution is 2.36. The third-order valence-corrected chi connectivity index (χ3v) is 10.8. The lowest BCUT2D eigenvalue weighted by Crippen LogP contribution is -2.30. The van der Waals surface area contributed by atoms with Gasteiger partial charge in [-0.05, 0) is 67.4 Å². The summed E-state index contributed by atoms with van der Waals surface area (Å²) in [5.74, 6) is 2.82. The minimum atomic E-state index is -0.0578. The molecule has 44 heavy (non-hydrogen) atoms. The van der Waals surface area contributed by atoms with Crippen molar-refractivity contribution in [2.45, 2.75) is 176 Å². The van der Waals surface area contributed by atoms with Crippen LogP contribution in [0.1, 0.15) is 185 Å². The fraction of sp³-hybridized carbons (Fsp3) is 0.780. The zero-order valence-corrected chi connectivity index (χ0v) is 29.7. The van der Waals surface area contributed by atoms with Gasteiger partial charge in [-0.3, -0.25) is 14.4 Å². The van der Waals surface area contributed by atoms with E-state index in [0.29, 0.717) is 24.7 Å². The second kappa shape index (κ2) is 21.9. The largest absolute Gasteiger partial charge is 0.299 e. The van der Waals surface area contributed by atoms with E-state index in [2.05, 4.69) is 40.7 Å². The van der Waals surface area contributed by atoms with E-state index in [0.717, 1.165) is 55.6 Å². The van der Waals surface area contributed by atoms with Gasteiger partial charge in [-0.1, -0.05) is 143 Å². The lowest BCUT2D eigenvalue weighted by molar-refractivity contribution is -0.130. The Labute approximate surface area is 272 Å². The molecule has 4 rings (SSSR count). The molecule has 1 aromatic carbocycles. The van der Waals surface area contributed by atoms with Crippen LogP contribution in [0.15, 0.2) is 18.2 Å². The smallest absolute Gasteiger partial charge is 0.163 e. The molecule has 0 bridgehead atoms. The summed E-state index contributed by atoms with van der Waals surface area (Å²) in [6.45, 7) is 12.9. The zero-order chi connectivity index (χ0) is 32.3. The summed E-state index contributed by atoms with van der Waals surface area (Å²) in [6, 6.07) is 6.16. The highest BCUT2D eigenvalue weighted by atomic mass is 16.1. The van der Waals surface area contributed by atoms with Crippen LogP contribution in [0, 0.1) is 36.5 Å². The number of hydrogen-bond acceptors (Lipinski definition) is 3. The molecule has 0 saturated heterocycles. The van der Waals surface area contributed by atoms with Crippen molar-refractivity contribution in [2.75, 3.05) is 0 Å². The fourth-order valence-corrected chi connectivity index (χ4v) is 7.99. The first kappa shape index (κ1) is 38.4. The van der Waals surface area contributed by atoms with Gasteiger partial charge in [-0.2, -0.15) is 0 Å². The summed E-state index contributed by atoms with van der Waals surface area (Å²) in [5.41, 5.74) is 3.17. The van der Waals surface area contributed by atoms with Gasteiger partial charge < -0.3 is 0 Å². The first-order valence-electron chi connectivity index (χ1n) is 18.9. The van der Waals surface area contributed by atoms with Crippen LogP contribution in [0.2, 0.25) is 0 Å². The molecule has 0 heterocycles. The standard InChI is InChI=1S/C30H44O3.C7H14.C4H10/c1-4-10-24(17-23-18-25-14-9-11-21(3)30(25)29(33)19-23)27(5-2)28(32)20-26(31)16-15-22-12-7-6-8-13-22;1-2-7-5-3-4-6-7;1-3-4-2/h9,11,14,22-24,27H,4-8,10,12-13,15-20H2,1-3H3;7H,2-6H2,1H3;3-4H2,1-2H3. The fourth-order valence-electron chi connectivity index (χ4n) is 7.99. The Kier molecular flexibility index (Phi) is 19.1. The zero-order valence-electron chi connectivity index (χ0n) is 29.7. The minimum absolute atomic E-state index is 0.0578. The van der Waals surface area contributed by atoms with Gasteiger partial charge in [0.25, 0.3) is 0 Å². The maximum absolute atomic E-state index is 13.2. The first-order valence-corrected chi connectivity index (χ1v) is 18.9. The minimum Gasteiger partial charge on any atom is -0.299 e. The van der Waals surface area contributed by atoms with Gasteiger partial charge in [0.15, 0.2) is 5.78 Å².